The Morgan fingerprint density at radius 1 is 1.22 bits per heavy atom. The summed E-state index contributed by atoms with van der Waals surface area (Å²) in [6.45, 7) is 6.98. The predicted octanol–water partition coefficient (Wildman–Crippen LogP) is -0.109. The molecule has 6 heteroatoms. The molecular formula is C17H31N3O3. The maximum atomic E-state index is 11.5. The van der Waals surface area contributed by atoms with E-state index in [1.165, 1.54) is 19.4 Å². The van der Waals surface area contributed by atoms with Gasteiger partial charge in [0.05, 0.1) is 5.60 Å². The lowest BCUT2D eigenvalue weighted by molar-refractivity contribution is -0.134. The Kier molecular flexibility index (Phi) is 5.26. The first kappa shape index (κ1) is 17.1. The van der Waals surface area contributed by atoms with Crippen molar-refractivity contribution in [2.24, 2.45) is 0 Å². The van der Waals surface area contributed by atoms with E-state index in [0.29, 0.717) is 44.6 Å². The average molecular weight is 325 g/mol. The molecule has 0 aromatic carbocycles. The number of nitrogens with zero attached hydrogens (tertiary/aromatic N) is 3. The van der Waals surface area contributed by atoms with Crippen molar-refractivity contribution in [1.29, 1.82) is 0 Å². The van der Waals surface area contributed by atoms with Gasteiger partial charge < -0.3 is 15.1 Å². The van der Waals surface area contributed by atoms with Gasteiger partial charge in [-0.1, -0.05) is 0 Å². The first-order chi connectivity index (χ1) is 11.0. The molecule has 0 unspecified atom stereocenters. The highest BCUT2D eigenvalue weighted by atomic mass is 16.3. The monoisotopic (exact) mass is 325 g/mol. The number of carbonyl (C=O) groups is 1. The lowest BCUT2D eigenvalue weighted by Crippen LogP contribution is -2.61. The standard InChI is InChI=1S/C17H31N3O3/c1-14(22)18-8-5-17(23,6-9-18)13-20-12-15-3-2-7-19(15)11-16(20)4-10-21/h15-16,21,23H,2-13H2,1H3/t15-,16-/m0/s1. The molecule has 3 heterocycles. The Bertz CT molecular complexity index is 423. The van der Waals surface area contributed by atoms with Crippen LogP contribution in [0.1, 0.15) is 39.0 Å². The van der Waals surface area contributed by atoms with Crippen LogP contribution >= 0.6 is 0 Å². The van der Waals surface area contributed by atoms with Crippen molar-refractivity contribution >= 4 is 5.91 Å². The van der Waals surface area contributed by atoms with Crippen LogP contribution in [0.15, 0.2) is 0 Å². The number of amides is 1. The fourth-order valence-corrected chi connectivity index (χ4v) is 4.54. The van der Waals surface area contributed by atoms with E-state index in [0.717, 1.165) is 19.5 Å². The average Bonchev–Trinajstić information content (AvgIpc) is 2.95. The number of aliphatic hydroxyl groups excluding tert-OH is 1. The van der Waals surface area contributed by atoms with Crippen LogP contribution < -0.4 is 0 Å². The Hall–Kier alpha value is -0.690. The number of piperazine rings is 1. The van der Waals surface area contributed by atoms with Gasteiger partial charge in [0, 0.05) is 58.3 Å². The maximum Gasteiger partial charge on any atom is 0.219 e. The SMILES string of the molecule is CC(=O)N1CCC(O)(CN2C[C@@H]3CCCN3C[C@@H]2CCO)CC1. The van der Waals surface area contributed by atoms with Gasteiger partial charge in [0.15, 0.2) is 0 Å². The molecule has 23 heavy (non-hydrogen) atoms. The van der Waals surface area contributed by atoms with Crippen molar-refractivity contribution in [1.82, 2.24) is 14.7 Å². The summed E-state index contributed by atoms with van der Waals surface area (Å²) in [5.41, 5.74) is -0.694. The molecule has 3 saturated heterocycles. The van der Waals surface area contributed by atoms with Gasteiger partial charge in [0.1, 0.15) is 0 Å². The Balaban J connectivity index is 1.61. The zero-order chi connectivity index (χ0) is 16.4. The summed E-state index contributed by atoms with van der Waals surface area (Å²) >= 11 is 0. The predicted molar refractivity (Wildman–Crippen MR) is 88.1 cm³/mol. The quantitative estimate of drug-likeness (QED) is 0.755. The molecule has 2 atom stereocenters. The Labute approximate surface area is 139 Å². The molecule has 3 aliphatic rings. The molecule has 0 saturated carbocycles. The number of fused-ring (bicyclic) bond motifs is 1. The van der Waals surface area contributed by atoms with Crippen LogP contribution in [0.4, 0.5) is 0 Å². The lowest BCUT2D eigenvalue weighted by atomic mass is 9.89. The highest BCUT2D eigenvalue weighted by molar-refractivity contribution is 5.73. The van der Waals surface area contributed by atoms with Gasteiger partial charge in [0.25, 0.3) is 0 Å². The van der Waals surface area contributed by atoms with Crippen LogP contribution in [0.25, 0.3) is 0 Å². The van der Waals surface area contributed by atoms with E-state index < -0.39 is 5.60 Å². The summed E-state index contributed by atoms with van der Waals surface area (Å²) in [6, 6.07) is 0.954. The topological polar surface area (TPSA) is 67.3 Å². The van der Waals surface area contributed by atoms with Gasteiger partial charge >= 0.3 is 0 Å². The minimum Gasteiger partial charge on any atom is -0.396 e. The number of piperidine rings is 1. The number of hydrogen-bond acceptors (Lipinski definition) is 5. The van der Waals surface area contributed by atoms with E-state index in [4.69, 9.17) is 0 Å². The first-order valence-electron chi connectivity index (χ1n) is 9.07. The molecule has 1 amide bonds. The summed E-state index contributed by atoms with van der Waals surface area (Å²) in [7, 11) is 0. The molecule has 2 N–H and O–H groups in total. The van der Waals surface area contributed by atoms with Crippen LogP contribution in [0.5, 0.6) is 0 Å². The zero-order valence-electron chi connectivity index (χ0n) is 14.3. The highest BCUT2D eigenvalue weighted by Crippen LogP contribution is 2.30. The highest BCUT2D eigenvalue weighted by Gasteiger charge is 2.41. The van der Waals surface area contributed by atoms with Crippen LogP contribution in [0.2, 0.25) is 0 Å². The maximum absolute atomic E-state index is 11.5. The van der Waals surface area contributed by atoms with E-state index in [9.17, 15) is 15.0 Å². The van der Waals surface area contributed by atoms with Crippen LogP contribution in [0, 0.1) is 0 Å². The van der Waals surface area contributed by atoms with Gasteiger partial charge in [0.2, 0.25) is 5.91 Å². The minimum absolute atomic E-state index is 0.102. The molecule has 3 aliphatic heterocycles. The molecule has 0 spiro atoms. The summed E-state index contributed by atoms with van der Waals surface area (Å²) in [4.78, 5) is 18.3. The van der Waals surface area contributed by atoms with E-state index in [-0.39, 0.29) is 12.5 Å². The molecule has 0 aliphatic carbocycles. The molecule has 132 valence electrons. The minimum atomic E-state index is -0.694. The van der Waals surface area contributed by atoms with E-state index in [1.807, 2.05) is 4.90 Å². The summed E-state index contributed by atoms with van der Waals surface area (Å²) < 4.78 is 0. The van der Waals surface area contributed by atoms with Crippen molar-refractivity contribution in [2.75, 3.05) is 45.9 Å². The fraction of sp³-hybridized carbons (Fsp3) is 0.941. The van der Waals surface area contributed by atoms with Crippen molar-refractivity contribution in [3.8, 4) is 0 Å². The van der Waals surface area contributed by atoms with Gasteiger partial charge in [-0.25, -0.2) is 0 Å². The number of rotatable bonds is 4. The van der Waals surface area contributed by atoms with Crippen molar-refractivity contribution < 1.29 is 15.0 Å². The van der Waals surface area contributed by atoms with Crippen molar-refractivity contribution in [3.63, 3.8) is 0 Å². The second-order valence-corrected chi connectivity index (χ2v) is 7.62. The van der Waals surface area contributed by atoms with E-state index in [2.05, 4.69) is 9.80 Å². The Morgan fingerprint density at radius 2 is 1.96 bits per heavy atom. The number of likely N-dealkylation sites (tertiary alicyclic amines) is 1. The molecule has 3 rings (SSSR count). The van der Waals surface area contributed by atoms with Crippen LogP contribution in [0.3, 0.4) is 0 Å². The molecule has 3 fully saturated rings. The fourth-order valence-electron chi connectivity index (χ4n) is 4.54. The third kappa shape index (κ3) is 3.87. The van der Waals surface area contributed by atoms with Gasteiger partial charge in [-0.15, -0.1) is 0 Å². The molecule has 0 bridgehead atoms. The lowest BCUT2D eigenvalue weighted by Gasteiger charge is -2.48. The van der Waals surface area contributed by atoms with E-state index in [1.54, 1.807) is 6.92 Å². The molecule has 0 aromatic heterocycles. The number of β-amino-alcohol motifs (C(OH)–C–C–N with tert-alkyl or cyclic N) is 1. The molecule has 6 nitrogen and oxygen atoms in total. The number of hydrogen-bond donors (Lipinski definition) is 2. The third-order valence-corrected chi connectivity index (χ3v) is 6.01. The number of carbonyl (C=O) groups excluding carboxylic acids is 1. The summed E-state index contributed by atoms with van der Waals surface area (Å²) in [5.74, 6) is 0.102. The molecular weight excluding hydrogens is 294 g/mol. The van der Waals surface area contributed by atoms with Crippen molar-refractivity contribution in [2.45, 2.75) is 56.7 Å². The summed E-state index contributed by atoms with van der Waals surface area (Å²) in [6.07, 6.45) is 4.60. The smallest absolute Gasteiger partial charge is 0.219 e. The zero-order valence-corrected chi connectivity index (χ0v) is 14.3. The van der Waals surface area contributed by atoms with Gasteiger partial charge in [-0.2, -0.15) is 0 Å². The van der Waals surface area contributed by atoms with Crippen LogP contribution in [-0.2, 0) is 4.79 Å². The molecule has 0 aromatic rings. The Morgan fingerprint density at radius 3 is 2.61 bits per heavy atom. The normalized spacial score (nSPS) is 32.0. The third-order valence-electron chi connectivity index (χ3n) is 6.01. The number of aliphatic hydroxyl groups is 2. The summed E-state index contributed by atoms with van der Waals surface area (Å²) in [5, 5.41) is 20.4. The second-order valence-electron chi connectivity index (χ2n) is 7.62. The van der Waals surface area contributed by atoms with Gasteiger partial charge in [-0.3, -0.25) is 14.6 Å². The molecule has 0 radical (unpaired) electrons. The largest absolute Gasteiger partial charge is 0.396 e. The van der Waals surface area contributed by atoms with Crippen LogP contribution in [-0.4, -0.2) is 94.4 Å². The van der Waals surface area contributed by atoms with Gasteiger partial charge in [-0.05, 0) is 38.6 Å². The van der Waals surface area contributed by atoms with E-state index >= 15 is 0 Å². The first-order valence-corrected chi connectivity index (χ1v) is 9.07. The van der Waals surface area contributed by atoms with Crippen molar-refractivity contribution in [3.05, 3.63) is 0 Å². The second kappa shape index (κ2) is 7.05.